The molecule has 8 heteroatoms. The van der Waals surface area contributed by atoms with Crippen LogP contribution in [-0.4, -0.2) is 46.4 Å². The first-order valence-corrected chi connectivity index (χ1v) is 11.8. The third-order valence-electron chi connectivity index (χ3n) is 5.94. The van der Waals surface area contributed by atoms with Gasteiger partial charge in [-0.25, -0.2) is 0 Å². The van der Waals surface area contributed by atoms with E-state index in [0.717, 1.165) is 17.5 Å². The van der Waals surface area contributed by atoms with Gasteiger partial charge in [-0.3, -0.25) is 9.89 Å². The smallest absolute Gasteiger partial charge is 0.273 e. The molecule has 1 aromatic heterocycles. The number of amides is 1. The second-order valence-electron chi connectivity index (χ2n) is 9.00. The quantitative estimate of drug-likeness (QED) is 0.426. The van der Waals surface area contributed by atoms with Crippen molar-refractivity contribution in [2.45, 2.75) is 40.2 Å². The highest BCUT2D eigenvalue weighted by Crippen LogP contribution is 2.46. The van der Waals surface area contributed by atoms with Gasteiger partial charge in [0, 0.05) is 22.7 Å². The zero-order chi connectivity index (χ0) is 24.6. The lowest BCUT2D eigenvalue weighted by Crippen LogP contribution is -2.30. The van der Waals surface area contributed by atoms with E-state index in [9.17, 15) is 9.90 Å². The molecule has 0 saturated carbocycles. The van der Waals surface area contributed by atoms with Crippen LogP contribution in [0, 0.1) is 12.8 Å². The molecule has 2 heterocycles. The molecule has 0 fully saturated rings. The number of phenols is 1. The summed E-state index contributed by atoms with van der Waals surface area (Å²) in [7, 11) is 1.60. The highest BCUT2D eigenvalue weighted by Gasteiger charge is 2.42. The van der Waals surface area contributed by atoms with E-state index in [1.54, 1.807) is 19.2 Å². The lowest BCUT2D eigenvalue weighted by molar-refractivity contribution is 0.0743. The van der Waals surface area contributed by atoms with Gasteiger partial charge >= 0.3 is 0 Å². The van der Waals surface area contributed by atoms with Gasteiger partial charge < -0.3 is 19.5 Å². The lowest BCUT2D eigenvalue weighted by atomic mass is 9.95. The molecule has 3 aromatic rings. The number of phenolic OH excluding ortho intramolecular Hbond substituents is 1. The van der Waals surface area contributed by atoms with Gasteiger partial charge in [0.15, 0.2) is 11.5 Å². The molecule has 0 saturated heterocycles. The monoisotopic (exact) mass is 483 g/mol. The summed E-state index contributed by atoms with van der Waals surface area (Å²) in [5.41, 5.74) is 3.75. The number of hydrogen-bond acceptors (Lipinski definition) is 5. The predicted molar refractivity (Wildman–Crippen MR) is 132 cm³/mol. The van der Waals surface area contributed by atoms with E-state index in [1.165, 1.54) is 0 Å². The van der Waals surface area contributed by atoms with Crippen LogP contribution in [-0.2, 0) is 0 Å². The molecule has 1 atom stereocenters. The Morgan fingerprint density at radius 1 is 1.24 bits per heavy atom. The number of H-pyrrole nitrogens is 1. The van der Waals surface area contributed by atoms with Gasteiger partial charge in [-0.15, -0.1) is 0 Å². The molecule has 2 aromatic carbocycles. The second-order valence-corrected chi connectivity index (χ2v) is 9.40. The Hall–Kier alpha value is -3.19. The number of carbonyl (C=O) groups is 1. The number of aromatic nitrogens is 2. The van der Waals surface area contributed by atoms with Crippen LogP contribution < -0.4 is 9.47 Å². The Morgan fingerprint density at radius 2 is 2.00 bits per heavy atom. The molecular formula is C26H30ClN3O4. The Bertz CT molecular complexity index is 1220. The Labute approximate surface area is 204 Å². The van der Waals surface area contributed by atoms with Crippen LogP contribution in [0.3, 0.4) is 0 Å². The zero-order valence-electron chi connectivity index (χ0n) is 20.1. The molecule has 0 radical (unpaired) electrons. The van der Waals surface area contributed by atoms with Gasteiger partial charge in [0.2, 0.25) is 0 Å². The van der Waals surface area contributed by atoms with Crippen molar-refractivity contribution < 1.29 is 19.4 Å². The van der Waals surface area contributed by atoms with Gasteiger partial charge in [-0.1, -0.05) is 38.4 Å². The predicted octanol–water partition coefficient (Wildman–Crippen LogP) is 5.74. The highest BCUT2D eigenvalue weighted by atomic mass is 35.5. The van der Waals surface area contributed by atoms with Crippen molar-refractivity contribution in [3.05, 3.63) is 57.7 Å². The van der Waals surface area contributed by atoms with Crippen LogP contribution in [0.15, 0.2) is 30.3 Å². The molecule has 1 amide bonds. The fourth-order valence-corrected chi connectivity index (χ4v) is 4.47. The molecule has 0 spiro atoms. The maximum Gasteiger partial charge on any atom is 0.273 e. The highest BCUT2D eigenvalue weighted by molar-refractivity contribution is 6.31. The molecule has 2 N–H and O–H groups in total. The van der Waals surface area contributed by atoms with Crippen LogP contribution in [0.2, 0.25) is 5.02 Å². The fraction of sp³-hybridized carbons (Fsp3) is 0.385. The first kappa shape index (κ1) is 24.0. The number of ether oxygens (including phenoxy) is 2. The number of methoxy groups -OCH3 is 1. The minimum atomic E-state index is -0.399. The second kappa shape index (κ2) is 9.58. The number of nitrogens with one attached hydrogen (secondary N) is 1. The van der Waals surface area contributed by atoms with Crippen molar-refractivity contribution in [3.63, 3.8) is 0 Å². The number of aryl methyl sites for hydroxylation is 1. The van der Waals surface area contributed by atoms with Gasteiger partial charge in [0.05, 0.1) is 19.8 Å². The van der Waals surface area contributed by atoms with E-state index in [2.05, 4.69) is 24.0 Å². The molecule has 4 rings (SSSR count). The lowest BCUT2D eigenvalue weighted by Gasteiger charge is -2.26. The van der Waals surface area contributed by atoms with Crippen molar-refractivity contribution in [2.75, 3.05) is 20.3 Å². The van der Waals surface area contributed by atoms with E-state index in [-0.39, 0.29) is 11.7 Å². The summed E-state index contributed by atoms with van der Waals surface area (Å²) in [5.74, 6) is 1.56. The Balaban J connectivity index is 1.85. The molecule has 1 aliphatic heterocycles. The SMILES string of the molecule is CCCN1C(=O)c2[nH]nc(-c3cc(Cl)c(C)cc3O)c2C1c1ccc(OCC(C)C)c(OC)c1. The molecule has 1 aliphatic rings. The number of rotatable bonds is 8. The van der Waals surface area contributed by atoms with Crippen LogP contribution in [0.1, 0.15) is 60.4 Å². The Morgan fingerprint density at radius 3 is 2.68 bits per heavy atom. The number of halogens is 1. The number of aromatic hydroxyl groups is 1. The fourth-order valence-electron chi connectivity index (χ4n) is 4.31. The summed E-state index contributed by atoms with van der Waals surface area (Å²) in [5, 5.41) is 18.5. The third kappa shape index (κ3) is 4.20. The van der Waals surface area contributed by atoms with Crippen LogP contribution in [0.5, 0.6) is 17.2 Å². The van der Waals surface area contributed by atoms with E-state index in [0.29, 0.717) is 58.1 Å². The van der Waals surface area contributed by atoms with Crippen molar-refractivity contribution in [1.29, 1.82) is 0 Å². The van der Waals surface area contributed by atoms with Crippen molar-refractivity contribution in [2.24, 2.45) is 5.92 Å². The molecular weight excluding hydrogens is 454 g/mol. The summed E-state index contributed by atoms with van der Waals surface area (Å²) in [6.07, 6.45) is 0.795. The molecule has 0 aliphatic carbocycles. The van der Waals surface area contributed by atoms with Crippen molar-refractivity contribution in [1.82, 2.24) is 15.1 Å². The molecule has 34 heavy (non-hydrogen) atoms. The van der Waals surface area contributed by atoms with Gasteiger partial charge in [-0.05, 0) is 54.7 Å². The molecule has 180 valence electrons. The van der Waals surface area contributed by atoms with E-state index >= 15 is 0 Å². The maximum absolute atomic E-state index is 13.3. The summed E-state index contributed by atoms with van der Waals surface area (Å²) in [4.78, 5) is 15.2. The third-order valence-corrected chi connectivity index (χ3v) is 6.34. The maximum atomic E-state index is 13.3. The topological polar surface area (TPSA) is 87.7 Å². The van der Waals surface area contributed by atoms with E-state index in [4.69, 9.17) is 21.1 Å². The summed E-state index contributed by atoms with van der Waals surface area (Å²) >= 11 is 6.37. The van der Waals surface area contributed by atoms with E-state index < -0.39 is 6.04 Å². The molecule has 7 nitrogen and oxygen atoms in total. The standard InChI is InChI=1S/C26H30ClN3O4/c1-6-9-30-25(16-7-8-20(21(11-16)33-5)34-13-14(2)3)22-23(28-29-24(22)26(30)32)17-12-18(27)15(4)10-19(17)31/h7-8,10-12,14,25,31H,6,9,13H2,1-5H3,(H,28,29). The zero-order valence-corrected chi connectivity index (χ0v) is 20.9. The van der Waals surface area contributed by atoms with Gasteiger partial charge in [-0.2, -0.15) is 5.10 Å². The molecule has 1 unspecified atom stereocenters. The number of nitrogens with zero attached hydrogens (tertiary/aromatic N) is 2. The van der Waals surface area contributed by atoms with Crippen LogP contribution in [0.25, 0.3) is 11.3 Å². The summed E-state index contributed by atoms with van der Waals surface area (Å²) in [6.45, 7) is 9.17. The van der Waals surface area contributed by atoms with E-state index in [1.807, 2.05) is 36.9 Å². The first-order valence-electron chi connectivity index (χ1n) is 11.5. The average Bonchev–Trinajstić information content (AvgIpc) is 3.34. The average molecular weight is 484 g/mol. The number of fused-ring (bicyclic) bond motifs is 1. The van der Waals surface area contributed by atoms with Crippen molar-refractivity contribution in [3.8, 4) is 28.5 Å². The number of carbonyl (C=O) groups excluding carboxylic acids is 1. The minimum Gasteiger partial charge on any atom is -0.507 e. The minimum absolute atomic E-state index is 0.0614. The molecule has 0 bridgehead atoms. The van der Waals surface area contributed by atoms with Gasteiger partial charge in [0.1, 0.15) is 17.1 Å². The number of benzene rings is 2. The van der Waals surface area contributed by atoms with Crippen LogP contribution in [0.4, 0.5) is 0 Å². The van der Waals surface area contributed by atoms with Crippen molar-refractivity contribution >= 4 is 17.5 Å². The first-order chi connectivity index (χ1) is 16.3. The van der Waals surface area contributed by atoms with Crippen LogP contribution >= 0.6 is 11.6 Å². The number of aromatic amines is 1. The number of hydrogen-bond donors (Lipinski definition) is 2. The summed E-state index contributed by atoms with van der Waals surface area (Å²) in [6, 6.07) is 8.64. The largest absolute Gasteiger partial charge is 0.507 e. The summed E-state index contributed by atoms with van der Waals surface area (Å²) < 4.78 is 11.5. The normalized spacial score (nSPS) is 15.2. The van der Waals surface area contributed by atoms with Gasteiger partial charge in [0.25, 0.3) is 5.91 Å². The Kier molecular flexibility index (Phi) is 6.75.